The molecule has 0 saturated carbocycles. The summed E-state index contributed by atoms with van der Waals surface area (Å²) in [6, 6.07) is 1.74. The Morgan fingerprint density at radius 3 is 2.71 bits per heavy atom. The monoisotopic (exact) mass is 252 g/mol. The first-order chi connectivity index (χ1) is 7.91. The quantitative estimate of drug-likeness (QED) is 0.804. The Morgan fingerprint density at radius 2 is 2.12 bits per heavy atom. The number of aryl methyl sites for hydroxylation is 2. The van der Waals surface area contributed by atoms with Crippen LogP contribution >= 0.6 is 12.2 Å². The lowest BCUT2D eigenvalue weighted by atomic mass is 10.1. The van der Waals surface area contributed by atoms with Crippen molar-refractivity contribution in [3.8, 4) is 0 Å². The van der Waals surface area contributed by atoms with Gasteiger partial charge in [0.05, 0.1) is 21.9 Å². The Bertz CT molecular complexity index is 447. The number of aromatic nitrogens is 2. The molecule has 0 aliphatic rings. The van der Waals surface area contributed by atoms with E-state index in [2.05, 4.69) is 10.2 Å². The van der Waals surface area contributed by atoms with Crippen molar-refractivity contribution in [1.29, 1.82) is 0 Å². The molecule has 0 atom stereocenters. The molecule has 1 heterocycles. The second kappa shape index (κ2) is 5.67. The molecule has 0 aliphatic heterocycles. The molecule has 0 unspecified atom stereocenters. The van der Waals surface area contributed by atoms with Gasteiger partial charge >= 0.3 is 0 Å². The number of hydrogen-bond acceptors (Lipinski definition) is 4. The van der Waals surface area contributed by atoms with Gasteiger partial charge in [0.1, 0.15) is 0 Å². The van der Waals surface area contributed by atoms with Gasteiger partial charge in [0.15, 0.2) is 0 Å². The van der Waals surface area contributed by atoms with E-state index in [1.54, 1.807) is 31.9 Å². The fraction of sp³-hybridized carbons (Fsp3) is 0.455. The molecular formula is C11H16N4OS. The van der Waals surface area contributed by atoms with Gasteiger partial charge in [-0.15, -0.1) is 0 Å². The van der Waals surface area contributed by atoms with Crippen LogP contribution in [0.5, 0.6) is 0 Å². The van der Waals surface area contributed by atoms with Crippen LogP contribution < -0.4 is 5.73 Å². The van der Waals surface area contributed by atoms with Crippen LogP contribution in [0.3, 0.4) is 0 Å². The van der Waals surface area contributed by atoms with Crippen LogP contribution in [-0.4, -0.2) is 39.6 Å². The highest BCUT2D eigenvalue weighted by atomic mass is 32.1. The Morgan fingerprint density at radius 1 is 1.47 bits per heavy atom. The molecule has 0 radical (unpaired) electrons. The molecule has 1 amide bonds. The van der Waals surface area contributed by atoms with Gasteiger partial charge in [-0.3, -0.25) is 4.79 Å². The van der Waals surface area contributed by atoms with E-state index in [1.807, 2.05) is 0 Å². The van der Waals surface area contributed by atoms with Crippen LogP contribution in [0.2, 0.25) is 0 Å². The van der Waals surface area contributed by atoms with Crippen molar-refractivity contribution in [1.82, 2.24) is 15.1 Å². The van der Waals surface area contributed by atoms with Gasteiger partial charge in [0, 0.05) is 20.0 Å². The highest BCUT2D eigenvalue weighted by Gasteiger charge is 2.15. The lowest BCUT2D eigenvalue weighted by Gasteiger charge is -2.17. The average molecular weight is 252 g/mol. The second-order valence-electron chi connectivity index (χ2n) is 3.93. The predicted octanol–water partition coefficient (Wildman–Crippen LogP) is 0.842. The Balaban J connectivity index is 2.81. The van der Waals surface area contributed by atoms with E-state index < -0.39 is 0 Å². The van der Waals surface area contributed by atoms with Crippen molar-refractivity contribution in [2.45, 2.75) is 20.3 Å². The van der Waals surface area contributed by atoms with E-state index >= 15 is 0 Å². The predicted molar refractivity (Wildman–Crippen MR) is 69.9 cm³/mol. The van der Waals surface area contributed by atoms with Crippen molar-refractivity contribution in [3.63, 3.8) is 0 Å². The van der Waals surface area contributed by atoms with E-state index in [0.717, 1.165) is 5.69 Å². The lowest BCUT2D eigenvalue weighted by Crippen LogP contribution is -2.30. The average Bonchev–Trinajstić information content (AvgIpc) is 2.28. The maximum Gasteiger partial charge on any atom is 0.255 e. The topological polar surface area (TPSA) is 72.1 Å². The number of nitrogens with two attached hydrogens (primary N) is 1. The van der Waals surface area contributed by atoms with Gasteiger partial charge in [-0.1, -0.05) is 12.2 Å². The van der Waals surface area contributed by atoms with Crippen LogP contribution in [0, 0.1) is 13.8 Å². The van der Waals surface area contributed by atoms with Crippen LogP contribution in [0.15, 0.2) is 6.07 Å². The number of rotatable bonds is 4. The maximum absolute atomic E-state index is 12.1. The number of amides is 1. The van der Waals surface area contributed by atoms with Crippen LogP contribution in [0.25, 0.3) is 0 Å². The van der Waals surface area contributed by atoms with Crippen LogP contribution in [0.1, 0.15) is 28.2 Å². The number of carbonyl (C=O) groups excluding carboxylic acids is 1. The van der Waals surface area contributed by atoms with E-state index in [1.165, 1.54) is 0 Å². The van der Waals surface area contributed by atoms with Crippen LogP contribution in [0.4, 0.5) is 0 Å². The van der Waals surface area contributed by atoms with Crippen molar-refractivity contribution < 1.29 is 4.79 Å². The summed E-state index contributed by atoms with van der Waals surface area (Å²) in [6.07, 6.45) is 0.522. The smallest absolute Gasteiger partial charge is 0.255 e. The van der Waals surface area contributed by atoms with Crippen molar-refractivity contribution in [2.24, 2.45) is 5.73 Å². The molecule has 0 spiro atoms. The fourth-order valence-electron chi connectivity index (χ4n) is 1.35. The zero-order valence-electron chi connectivity index (χ0n) is 10.2. The third-order valence-corrected chi connectivity index (χ3v) is 2.58. The third-order valence-electron chi connectivity index (χ3n) is 2.37. The van der Waals surface area contributed by atoms with E-state index in [0.29, 0.717) is 29.2 Å². The minimum Gasteiger partial charge on any atom is -0.393 e. The van der Waals surface area contributed by atoms with Gasteiger partial charge in [-0.25, -0.2) is 0 Å². The summed E-state index contributed by atoms with van der Waals surface area (Å²) in [4.78, 5) is 14.1. The minimum absolute atomic E-state index is 0.0863. The first kappa shape index (κ1) is 13.5. The molecule has 2 N–H and O–H groups in total. The van der Waals surface area contributed by atoms with Gasteiger partial charge in [-0.05, 0) is 19.9 Å². The van der Waals surface area contributed by atoms with Gasteiger partial charge in [-0.2, -0.15) is 10.2 Å². The molecule has 0 aliphatic carbocycles. The summed E-state index contributed by atoms with van der Waals surface area (Å²) in [5.41, 5.74) is 7.33. The molecular weight excluding hydrogens is 236 g/mol. The van der Waals surface area contributed by atoms with E-state index in [4.69, 9.17) is 18.0 Å². The highest BCUT2D eigenvalue weighted by Crippen LogP contribution is 2.08. The minimum atomic E-state index is -0.0863. The third kappa shape index (κ3) is 3.74. The van der Waals surface area contributed by atoms with Crippen LogP contribution in [-0.2, 0) is 0 Å². The van der Waals surface area contributed by atoms with E-state index in [-0.39, 0.29) is 5.91 Å². The molecule has 0 aromatic carbocycles. The zero-order chi connectivity index (χ0) is 13.0. The first-order valence-corrected chi connectivity index (χ1v) is 5.67. The SMILES string of the molecule is Cc1cc(C(=O)N(C)CCC(N)=S)c(C)nn1. The van der Waals surface area contributed by atoms with Gasteiger partial charge in [0.25, 0.3) is 5.91 Å². The zero-order valence-corrected chi connectivity index (χ0v) is 11.0. The van der Waals surface area contributed by atoms with Crippen molar-refractivity contribution in [2.75, 3.05) is 13.6 Å². The number of nitrogens with zero attached hydrogens (tertiary/aromatic N) is 3. The molecule has 6 heteroatoms. The molecule has 1 rings (SSSR count). The summed E-state index contributed by atoms with van der Waals surface area (Å²) >= 11 is 4.78. The summed E-state index contributed by atoms with van der Waals surface area (Å²) < 4.78 is 0. The summed E-state index contributed by atoms with van der Waals surface area (Å²) in [7, 11) is 1.72. The molecule has 0 fully saturated rings. The van der Waals surface area contributed by atoms with E-state index in [9.17, 15) is 4.79 Å². The molecule has 0 bridgehead atoms. The summed E-state index contributed by atoms with van der Waals surface area (Å²) in [5, 5.41) is 7.82. The first-order valence-electron chi connectivity index (χ1n) is 5.26. The standard InChI is InChI=1S/C11H16N4OS/c1-7-6-9(8(2)14-13-7)11(16)15(3)5-4-10(12)17/h6H,4-5H2,1-3H3,(H2,12,17). The maximum atomic E-state index is 12.1. The normalized spacial score (nSPS) is 10.1. The number of carbonyl (C=O) groups is 1. The number of thiocarbonyl (C=S) groups is 1. The molecule has 0 saturated heterocycles. The second-order valence-corrected chi connectivity index (χ2v) is 4.45. The molecule has 5 nitrogen and oxygen atoms in total. The number of hydrogen-bond donors (Lipinski definition) is 1. The largest absolute Gasteiger partial charge is 0.393 e. The highest BCUT2D eigenvalue weighted by molar-refractivity contribution is 7.80. The summed E-state index contributed by atoms with van der Waals surface area (Å²) in [6.45, 7) is 4.08. The Labute approximate surface area is 106 Å². The van der Waals surface area contributed by atoms with Gasteiger partial charge < -0.3 is 10.6 Å². The molecule has 92 valence electrons. The molecule has 17 heavy (non-hydrogen) atoms. The molecule has 1 aromatic heterocycles. The fourth-order valence-corrected chi connectivity index (χ4v) is 1.44. The molecule has 1 aromatic rings. The Kier molecular flexibility index (Phi) is 4.51. The van der Waals surface area contributed by atoms with Crippen molar-refractivity contribution in [3.05, 3.63) is 23.0 Å². The van der Waals surface area contributed by atoms with Gasteiger partial charge in [0.2, 0.25) is 0 Å². The van der Waals surface area contributed by atoms with Crippen molar-refractivity contribution >= 4 is 23.1 Å². The Hall–Kier alpha value is -1.56. The summed E-state index contributed by atoms with van der Waals surface area (Å²) in [5.74, 6) is -0.0863. The lowest BCUT2D eigenvalue weighted by molar-refractivity contribution is 0.0797.